The fourth-order valence-electron chi connectivity index (χ4n) is 2.41. The van der Waals surface area contributed by atoms with Crippen LogP contribution < -0.4 is 0 Å². The molecule has 0 unspecified atom stereocenters. The van der Waals surface area contributed by atoms with E-state index in [0.717, 1.165) is 5.56 Å². The van der Waals surface area contributed by atoms with Gasteiger partial charge >= 0.3 is 5.97 Å². The van der Waals surface area contributed by atoms with Gasteiger partial charge in [-0.1, -0.05) is 36.4 Å². The molecule has 0 aromatic heterocycles. The first-order valence-corrected chi connectivity index (χ1v) is 9.87. The summed E-state index contributed by atoms with van der Waals surface area (Å²) < 4.78 is 11.8. The zero-order valence-corrected chi connectivity index (χ0v) is 14.4. The molecule has 5 heteroatoms. The molecular formula is C18H20O3S2. The third-order valence-electron chi connectivity index (χ3n) is 3.59. The third kappa shape index (κ3) is 5.16. The molecule has 0 amide bonds. The lowest BCUT2D eigenvalue weighted by Crippen LogP contribution is -2.33. The Kier molecular flexibility index (Phi) is 6.25. The molecule has 2 heterocycles. The molecule has 1 aromatic rings. The molecule has 2 aliphatic rings. The molecule has 1 fully saturated rings. The highest BCUT2D eigenvalue weighted by Gasteiger charge is 2.26. The van der Waals surface area contributed by atoms with Gasteiger partial charge in [0.05, 0.1) is 11.2 Å². The summed E-state index contributed by atoms with van der Waals surface area (Å²) in [5.74, 6) is 2.09. The van der Waals surface area contributed by atoms with E-state index in [0.29, 0.717) is 11.2 Å². The summed E-state index contributed by atoms with van der Waals surface area (Å²) in [5, 5.41) is 0. The fourth-order valence-corrected chi connectivity index (χ4v) is 5.04. The number of rotatable bonds is 5. The SMILES string of the molecule is O=C1C=C[C@@H](OCc2ccccc2)[C@H](/C=C/C2SCCCS2)O1. The molecule has 0 aliphatic carbocycles. The molecule has 122 valence electrons. The van der Waals surface area contributed by atoms with E-state index in [1.165, 1.54) is 24.0 Å². The van der Waals surface area contributed by atoms with Crippen molar-refractivity contribution < 1.29 is 14.3 Å². The normalized spacial score (nSPS) is 25.7. The molecule has 1 aromatic carbocycles. The minimum atomic E-state index is -0.348. The maximum Gasteiger partial charge on any atom is 0.331 e. The molecule has 23 heavy (non-hydrogen) atoms. The lowest BCUT2D eigenvalue weighted by molar-refractivity contribution is -0.148. The van der Waals surface area contributed by atoms with Gasteiger partial charge in [-0.15, -0.1) is 23.5 Å². The first-order valence-electron chi connectivity index (χ1n) is 7.77. The van der Waals surface area contributed by atoms with Gasteiger partial charge in [-0.25, -0.2) is 4.79 Å². The van der Waals surface area contributed by atoms with Gasteiger partial charge in [0, 0.05) is 6.08 Å². The van der Waals surface area contributed by atoms with Gasteiger partial charge in [0.1, 0.15) is 12.2 Å². The summed E-state index contributed by atoms with van der Waals surface area (Å²) in [6.45, 7) is 0.505. The van der Waals surface area contributed by atoms with Crippen molar-refractivity contribution in [2.24, 2.45) is 0 Å². The first-order chi connectivity index (χ1) is 11.3. The average Bonchev–Trinajstić information content (AvgIpc) is 2.61. The van der Waals surface area contributed by atoms with E-state index >= 15 is 0 Å². The van der Waals surface area contributed by atoms with E-state index in [1.54, 1.807) is 6.08 Å². The van der Waals surface area contributed by atoms with Crippen LogP contribution in [0.25, 0.3) is 0 Å². The molecular weight excluding hydrogens is 328 g/mol. The van der Waals surface area contributed by atoms with Crippen molar-refractivity contribution in [2.75, 3.05) is 11.5 Å². The maximum absolute atomic E-state index is 11.5. The second kappa shape index (κ2) is 8.62. The van der Waals surface area contributed by atoms with Crippen LogP contribution in [0.15, 0.2) is 54.6 Å². The van der Waals surface area contributed by atoms with E-state index < -0.39 is 0 Å². The van der Waals surface area contributed by atoms with Crippen LogP contribution >= 0.6 is 23.5 Å². The van der Waals surface area contributed by atoms with Crippen molar-refractivity contribution in [2.45, 2.75) is 29.8 Å². The van der Waals surface area contributed by atoms with Crippen molar-refractivity contribution in [1.29, 1.82) is 0 Å². The number of carbonyl (C=O) groups excluding carboxylic acids is 1. The number of cyclic esters (lactones) is 1. The Bertz CT molecular complexity index is 565. The van der Waals surface area contributed by atoms with Crippen molar-refractivity contribution in [1.82, 2.24) is 0 Å². The lowest BCUT2D eigenvalue weighted by atomic mass is 10.1. The van der Waals surface area contributed by atoms with Crippen molar-refractivity contribution in [3.05, 3.63) is 60.2 Å². The number of benzene rings is 1. The predicted octanol–water partition coefficient (Wildman–Crippen LogP) is 3.81. The van der Waals surface area contributed by atoms with E-state index in [2.05, 4.69) is 6.08 Å². The van der Waals surface area contributed by atoms with Gasteiger partial charge in [-0.05, 0) is 35.6 Å². The smallest absolute Gasteiger partial charge is 0.331 e. The Hall–Kier alpha value is -1.17. The number of hydrogen-bond donors (Lipinski definition) is 0. The number of thioether (sulfide) groups is 2. The average molecular weight is 348 g/mol. The Morgan fingerprint density at radius 1 is 1.17 bits per heavy atom. The quantitative estimate of drug-likeness (QED) is 0.597. The van der Waals surface area contributed by atoms with Crippen LogP contribution in [-0.4, -0.2) is 34.3 Å². The van der Waals surface area contributed by atoms with Crippen molar-refractivity contribution in [3.63, 3.8) is 0 Å². The highest BCUT2D eigenvalue weighted by molar-refractivity contribution is 8.17. The van der Waals surface area contributed by atoms with E-state index in [1.807, 2.05) is 59.9 Å². The predicted molar refractivity (Wildman–Crippen MR) is 96.5 cm³/mol. The highest BCUT2D eigenvalue weighted by Crippen LogP contribution is 2.31. The Morgan fingerprint density at radius 2 is 1.96 bits per heavy atom. The van der Waals surface area contributed by atoms with Crippen LogP contribution in [0.4, 0.5) is 0 Å². The number of ether oxygens (including phenoxy) is 2. The number of hydrogen-bond acceptors (Lipinski definition) is 5. The second-order valence-electron chi connectivity index (χ2n) is 5.37. The maximum atomic E-state index is 11.5. The Balaban J connectivity index is 1.60. The van der Waals surface area contributed by atoms with Crippen molar-refractivity contribution >= 4 is 29.5 Å². The minimum Gasteiger partial charge on any atom is -0.452 e. The number of esters is 1. The summed E-state index contributed by atoms with van der Waals surface area (Å²) in [7, 11) is 0. The minimum absolute atomic E-state index is 0.234. The van der Waals surface area contributed by atoms with E-state index in [-0.39, 0.29) is 18.2 Å². The molecule has 0 spiro atoms. The van der Waals surface area contributed by atoms with E-state index in [4.69, 9.17) is 9.47 Å². The van der Waals surface area contributed by atoms with Crippen LogP contribution in [0.2, 0.25) is 0 Å². The van der Waals surface area contributed by atoms with Crippen LogP contribution in [0.1, 0.15) is 12.0 Å². The topological polar surface area (TPSA) is 35.5 Å². The summed E-state index contributed by atoms with van der Waals surface area (Å²) >= 11 is 3.88. The van der Waals surface area contributed by atoms with Gasteiger partial charge in [0.25, 0.3) is 0 Å². The molecule has 2 aliphatic heterocycles. The molecule has 2 atom stereocenters. The molecule has 0 bridgehead atoms. The van der Waals surface area contributed by atoms with Gasteiger partial charge in [-0.2, -0.15) is 0 Å². The Labute approximate surface area is 145 Å². The van der Waals surface area contributed by atoms with Crippen LogP contribution in [0, 0.1) is 0 Å². The van der Waals surface area contributed by atoms with Gasteiger partial charge in [0.2, 0.25) is 0 Å². The molecule has 3 nitrogen and oxygen atoms in total. The lowest BCUT2D eigenvalue weighted by Gasteiger charge is -2.26. The van der Waals surface area contributed by atoms with Crippen LogP contribution in [0.5, 0.6) is 0 Å². The monoisotopic (exact) mass is 348 g/mol. The Morgan fingerprint density at radius 3 is 2.74 bits per heavy atom. The number of carbonyl (C=O) groups is 1. The fraction of sp³-hybridized carbons (Fsp3) is 0.389. The van der Waals surface area contributed by atoms with Gasteiger partial charge in [0.15, 0.2) is 0 Å². The zero-order chi connectivity index (χ0) is 15.9. The van der Waals surface area contributed by atoms with Gasteiger partial charge < -0.3 is 9.47 Å². The zero-order valence-electron chi connectivity index (χ0n) is 12.8. The van der Waals surface area contributed by atoms with Crippen LogP contribution in [0.3, 0.4) is 0 Å². The second-order valence-corrected chi connectivity index (χ2v) is 8.17. The summed E-state index contributed by atoms with van der Waals surface area (Å²) in [4.78, 5) is 11.5. The molecule has 0 N–H and O–H groups in total. The molecule has 1 saturated heterocycles. The van der Waals surface area contributed by atoms with Gasteiger partial charge in [-0.3, -0.25) is 0 Å². The summed E-state index contributed by atoms with van der Waals surface area (Å²) in [6, 6.07) is 10.0. The largest absolute Gasteiger partial charge is 0.452 e. The van der Waals surface area contributed by atoms with Crippen molar-refractivity contribution in [3.8, 4) is 0 Å². The third-order valence-corrected chi connectivity index (χ3v) is 6.43. The molecule has 3 rings (SSSR count). The summed E-state index contributed by atoms with van der Waals surface area (Å²) in [5.41, 5.74) is 1.11. The standard InChI is InChI=1S/C18H20O3S2/c19-17-9-7-15(20-13-14-5-2-1-3-6-14)16(21-17)8-10-18-22-11-4-12-23-18/h1-3,5-10,15-16,18H,4,11-13H2/b10-8+/t15-,16+/m1/s1. The van der Waals surface area contributed by atoms with E-state index in [9.17, 15) is 4.79 Å². The highest BCUT2D eigenvalue weighted by atomic mass is 32.2. The molecule has 0 radical (unpaired) electrons. The van der Waals surface area contributed by atoms with Crippen LogP contribution in [-0.2, 0) is 20.9 Å². The molecule has 0 saturated carbocycles. The first kappa shape index (κ1) is 16.7. The summed E-state index contributed by atoms with van der Waals surface area (Å²) in [6.07, 6.45) is 8.05.